The van der Waals surface area contributed by atoms with Gasteiger partial charge in [-0.1, -0.05) is 12.8 Å². The minimum Gasteiger partial charge on any atom is -0.444 e. The molecule has 1 amide bonds. The van der Waals surface area contributed by atoms with Gasteiger partial charge in [0, 0.05) is 31.3 Å². The molecule has 0 saturated carbocycles. The molecule has 3 atom stereocenters. The Morgan fingerprint density at radius 2 is 1.96 bits per heavy atom. The molecule has 0 bridgehead atoms. The molecule has 1 saturated heterocycles. The topological polar surface area (TPSA) is 61.8 Å². The Morgan fingerprint density at radius 1 is 1.26 bits per heavy atom. The Kier molecular flexibility index (Phi) is 8.34. The van der Waals surface area contributed by atoms with Crippen molar-refractivity contribution >= 4 is 6.09 Å². The number of hydrogen-bond acceptors (Lipinski definition) is 4. The molecule has 2 N–H and O–H groups in total. The van der Waals surface area contributed by atoms with Gasteiger partial charge < -0.3 is 20.1 Å². The van der Waals surface area contributed by atoms with Gasteiger partial charge in [0.1, 0.15) is 5.60 Å². The van der Waals surface area contributed by atoms with Gasteiger partial charge in [0.2, 0.25) is 0 Å². The van der Waals surface area contributed by atoms with Crippen molar-refractivity contribution in [1.82, 2.24) is 10.2 Å². The smallest absolute Gasteiger partial charge is 0.410 e. The van der Waals surface area contributed by atoms with E-state index in [2.05, 4.69) is 19.2 Å². The van der Waals surface area contributed by atoms with Crippen LogP contribution in [0, 0.1) is 0 Å². The molecule has 1 rings (SSSR count). The summed E-state index contributed by atoms with van der Waals surface area (Å²) in [7, 11) is 0. The summed E-state index contributed by atoms with van der Waals surface area (Å²) in [6.45, 7) is 11.0. The van der Waals surface area contributed by atoms with Crippen molar-refractivity contribution in [2.45, 2.75) is 96.9 Å². The average Bonchev–Trinajstić information content (AvgIpc) is 2.62. The number of aliphatic hydroxyl groups excluding tert-OH is 1. The van der Waals surface area contributed by atoms with Crippen molar-refractivity contribution in [3.63, 3.8) is 0 Å². The first kappa shape index (κ1) is 20.2. The lowest BCUT2D eigenvalue weighted by Gasteiger charge is -2.34. The lowest BCUT2D eigenvalue weighted by atomic mass is 10.0. The van der Waals surface area contributed by atoms with E-state index in [1.165, 1.54) is 12.8 Å². The number of carbonyl (C=O) groups excluding carboxylic acids is 1. The summed E-state index contributed by atoms with van der Waals surface area (Å²) in [5, 5.41) is 12.5. The van der Waals surface area contributed by atoms with Crippen LogP contribution in [-0.2, 0) is 4.74 Å². The monoisotopic (exact) mass is 328 g/mol. The van der Waals surface area contributed by atoms with Crippen LogP contribution in [-0.4, -0.2) is 53.0 Å². The Balaban J connectivity index is 2.64. The van der Waals surface area contributed by atoms with Crippen molar-refractivity contribution < 1.29 is 14.6 Å². The van der Waals surface area contributed by atoms with Gasteiger partial charge in [0.25, 0.3) is 0 Å². The summed E-state index contributed by atoms with van der Waals surface area (Å²) < 4.78 is 5.60. The van der Waals surface area contributed by atoms with Crippen molar-refractivity contribution in [3.05, 3.63) is 0 Å². The standard InChI is InChI=1S/C18H36N2O3/c1-14(10-12-21)19-15(2)13-16-9-7-6-8-11-20(16)17(22)23-18(3,4)5/h14-16,19,21H,6-13H2,1-5H3. The van der Waals surface area contributed by atoms with E-state index in [0.29, 0.717) is 6.04 Å². The summed E-state index contributed by atoms with van der Waals surface area (Å²) in [6, 6.07) is 0.830. The maximum Gasteiger partial charge on any atom is 0.410 e. The number of nitrogens with zero attached hydrogens (tertiary/aromatic N) is 1. The zero-order chi connectivity index (χ0) is 17.5. The third kappa shape index (κ3) is 8.02. The van der Waals surface area contributed by atoms with Crippen LogP contribution in [0.1, 0.15) is 73.1 Å². The second-order valence-corrected chi connectivity index (χ2v) is 7.89. The summed E-state index contributed by atoms with van der Waals surface area (Å²) in [5.41, 5.74) is -0.451. The van der Waals surface area contributed by atoms with Gasteiger partial charge >= 0.3 is 6.09 Å². The first-order chi connectivity index (χ1) is 10.7. The lowest BCUT2D eigenvalue weighted by molar-refractivity contribution is 0.0149. The molecule has 136 valence electrons. The third-order valence-electron chi connectivity index (χ3n) is 4.26. The first-order valence-electron chi connectivity index (χ1n) is 9.09. The number of carbonyl (C=O) groups is 1. The van der Waals surface area contributed by atoms with E-state index in [1.807, 2.05) is 25.7 Å². The highest BCUT2D eigenvalue weighted by atomic mass is 16.6. The molecule has 3 unspecified atom stereocenters. The van der Waals surface area contributed by atoms with E-state index in [4.69, 9.17) is 9.84 Å². The maximum absolute atomic E-state index is 12.5. The molecular formula is C18H36N2O3. The summed E-state index contributed by atoms with van der Waals surface area (Å²) in [5.74, 6) is 0. The highest BCUT2D eigenvalue weighted by Gasteiger charge is 2.30. The lowest BCUT2D eigenvalue weighted by Crippen LogP contribution is -2.46. The van der Waals surface area contributed by atoms with Gasteiger partial charge in [-0.2, -0.15) is 0 Å². The van der Waals surface area contributed by atoms with Gasteiger partial charge in [-0.15, -0.1) is 0 Å². The van der Waals surface area contributed by atoms with Crippen molar-refractivity contribution in [1.29, 1.82) is 0 Å². The fourth-order valence-corrected chi connectivity index (χ4v) is 3.22. The highest BCUT2D eigenvalue weighted by molar-refractivity contribution is 5.68. The molecule has 1 aliphatic rings. The number of rotatable bonds is 6. The largest absolute Gasteiger partial charge is 0.444 e. The molecule has 5 heteroatoms. The molecule has 0 spiro atoms. The SMILES string of the molecule is CC(CCO)NC(C)CC1CCCCCN1C(=O)OC(C)(C)C. The second kappa shape index (κ2) is 9.48. The molecular weight excluding hydrogens is 292 g/mol. The molecule has 0 aliphatic carbocycles. The van der Waals surface area contributed by atoms with Crippen LogP contribution in [0.3, 0.4) is 0 Å². The van der Waals surface area contributed by atoms with Crippen LogP contribution in [0.4, 0.5) is 4.79 Å². The van der Waals surface area contributed by atoms with Crippen LogP contribution in [0.25, 0.3) is 0 Å². The van der Waals surface area contributed by atoms with Crippen LogP contribution in [0.15, 0.2) is 0 Å². The first-order valence-corrected chi connectivity index (χ1v) is 9.09. The Hall–Kier alpha value is -0.810. The number of ether oxygens (including phenoxy) is 1. The molecule has 1 heterocycles. The van der Waals surface area contributed by atoms with Crippen LogP contribution in [0.5, 0.6) is 0 Å². The Morgan fingerprint density at radius 3 is 2.57 bits per heavy atom. The normalized spacial score (nSPS) is 22.3. The van der Waals surface area contributed by atoms with Gasteiger partial charge in [0.15, 0.2) is 0 Å². The van der Waals surface area contributed by atoms with Crippen molar-refractivity contribution in [2.24, 2.45) is 0 Å². The maximum atomic E-state index is 12.5. The molecule has 0 aromatic rings. The predicted octanol–water partition coefficient (Wildman–Crippen LogP) is 3.31. The fourth-order valence-electron chi connectivity index (χ4n) is 3.22. The van der Waals surface area contributed by atoms with Gasteiger partial charge in [-0.05, 0) is 60.3 Å². The van der Waals surface area contributed by atoms with E-state index >= 15 is 0 Å². The number of amides is 1. The van der Waals surface area contributed by atoms with E-state index in [-0.39, 0.29) is 24.8 Å². The van der Waals surface area contributed by atoms with Gasteiger partial charge in [0.05, 0.1) is 0 Å². The zero-order valence-electron chi connectivity index (χ0n) is 15.6. The summed E-state index contributed by atoms with van der Waals surface area (Å²) >= 11 is 0. The molecule has 5 nitrogen and oxygen atoms in total. The van der Waals surface area contributed by atoms with E-state index in [9.17, 15) is 4.79 Å². The van der Waals surface area contributed by atoms with Gasteiger partial charge in [-0.3, -0.25) is 0 Å². The highest BCUT2D eigenvalue weighted by Crippen LogP contribution is 2.23. The second-order valence-electron chi connectivity index (χ2n) is 7.89. The molecule has 1 fully saturated rings. The summed E-state index contributed by atoms with van der Waals surface area (Å²) in [4.78, 5) is 14.5. The van der Waals surface area contributed by atoms with Crippen LogP contribution < -0.4 is 5.32 Å². The van der Waals surface area contributed by atoms with Crippen molar-refractivity contribution in [3.8, 4) is 0 Å². The number of nitrogens with one attached hydrogen (secondary N) is 1. The van der Waals surface area contributed by atoms with Crippen molar-refractivity contribution in [2.75, 3.05) is 13.2 Å². The molecule has 0 aromatic heterocycles. The predicted molar refractivity (Wildman–Crippen MR) is 93.6 cm³/mol. The number of hydrogen-bond donors (Lipinski definition) is 2. The van der Waals surface area contributed by atoms with E-state index in [1.54, 1.807) is 0 Å². The Bertz CT molecular complexity index is 355. The number of likely N-dealkylation sites (tertiary alicyclic amines) is 1. The molecule has 0 radical (unpaired) electrons. The minimum atomic E-state index is -0.451. The van der Waals surface area contributed by atoms with E-state index in [0.717, 1.165) is 32.2 Å². The van der Waals surface area contributed by atoms with Gasteiger partial charge in [-0.25, -0.2) is 4.79 Å². The summed E-state index contributed by atoms with van der Waals surface area (Å²) in [6.07, 6.45) is 5.94. The quantitative estimate of drug-likeness (QED) is 0.785. The van der Waals surface area contributed by atoms with Crippen LogP contribution in [0.2, 0.25) is 0 Å². The van der Waals surface area contributed by atoms with E-state index < -0.39 is 5.60 Å². The number of aliphatic hydroxyl groups is 1. The third-order valence-corrected chi connectivity index (χ3v) is 4.26. The molecule has 1 aliphatic heterocycles. The molecule has 23 heavy (non-hydrogen) atoms. The zero-order valence-corrected chi connectivity index (χ0v) is 15.6. The minimum absolute atomic E-state index is 0.181. The fraction of sp³-hybridized carbons (Fsp3) is 0.944. The average molecular weight is 328 g/mol. The van der Waals surface area contributed by atoms with Crippen LogP contribution >= 0.6 is 0 Å². The Labute approximate surface area is 141 Å². The molecule has 0 aromatic carbocycles.